The maximum Gasteiger partial charge on any atom is 0.272 e. The van der Waals surface area contributed by atoms with Crippen LogP contribution in [0.4, 0.5) is 5.69 Å². The molecule has 38 heavy (non-hydrogen) atoms. The summed E-state index contributed by atoms with van der Waals surface area (Å²) >= 11 is 0. The van der Waals surface area contributed by atoms with Crippen molar-refractivity contribution in [1.29, 1.82) is 0 Å². The van der Waals surface area contributed by atoms with Crippen LogP contribution < -0.4 is 5.32 Å². The fraction of sp³-hybridized carbons (Fsp3) is 0.267. The number of aliphatic hydroxyl groups excluding tert-OH is 1. The molecule has 1 aliphatic carbocycles. The van der Waals surface area contributed by atoms with Crippen molar-refractivity contribution in [3.8, 4) is 0 Å². The lowest BCUT2D eigenvalue weighted by atomic mass is 9.95. The molecule has 0 saturated heterocycles. The SMILES string of the molecule is Cc1ccc(CN(C(=O)c2ccccc2N=[N+]=[N-])/C(C(=O)NC2CCCCC2)=C(/O)c2ccccc2)cc1. The smallest absolute Gasteiger partial charge is 0.272 e. The Balaban J connectivity index is 1.85. The van der Waals surface area contributed by atoms with E-state index < -0.39 is 11.8 Å². The fourth-order valence-corrected chi connectivity index (χ4v) is 4.66. The Kier molecular flexibility index (Phi) is 8.80. The molecule has 0 aliphatic heterocycles. The minimum absolute atomic E-state index is 0.0219. The highest BCUT2D eigenvalue weighted by molar-refractivity contribution is 6.08. The Morgan fingerprint density at radius 1 is 0.974 bits per heavy atom. The number of azide groups is 1. The molecule has 3 aromatic carbocycles. The second kappa shape index (κ2) is 12.6. The van der Waals surface area contributed by atoms with Gasteiger partial charge in [0.25, 0.3) is 11.8 Å². The number of aliphatic hydroxyl groups is 1. The summed E-state index contributed by atoms with van der Waals surface area (Å²) in [7, 11) is 0. The van der Waals surface area contributed by atoms with Gasteiger partial charge in [-0.3, -0.25) is 14.5 Å². The maximum atomic E-state index is 14.1. The molecule has 194 valence electrons. The first-order valence-corrected chi connectivity index (χ1v) is 12.8. The molecule has 2 N–H and O–H groups in total. The van der Waals surface area contributed by atoms with Crippen molar-refractivity contribution in [2.24, 2.45) is 5.11 Å². The third-order valence-electron chi connectivity index (χ3n) is 6.69. The highest BCUT2D eigenvalue weighted by atomic mass is 16.3. The first-order valence-electron chi connectivity index (χ1n) is 12.8. The lowest BCUT2D eigenvalue weighted by Gasteiger charge is -2.29. The minimum atomic E-state index is -0.565. The van der Waals surface area contributed by atoms with E-state index >= 15 is 0 Å². The van der Waals surface area contributed by atoms with E-state index in [4.69, 9.17) is 5.53 Å². The van der Waals surface area contributed by atoms with E-state index in [-0.39, 0.29) is 35.3 Å². The molecule has 0 bridgehead atoms. The molecule has 8 nitrogen and oxygen atoms in total. The van der Waals surface area contributed by atoms with Gasteiger partial charge in [0.05, 0.1) is 12.2 Å². The van der Waals surface area contributed by atoms with Crippen LogP contribution in [0.3, 0.4) is 0 Å². The molecule has 2 amide bonds. The Labute approximate surface area is 222 Å². The third kappa shape index (κ3) is 6.41. The number of amides is 2. The summed E-state index contributed by atoms with van der Waals surface area (Å²) in [5.74, 6) is -1.40. The van der Waals surface area contributed by atoms with Gasteiger partial charge >= 0.3 is 0 Å². The van der Waals surface area contributed by atoms with Crippen LogP contribution in [0.15, 0.2) is 89.7 Å². The number of hydrogen-bond acceptors (Lipinski definition) is 4. The van der Waals surface area contributed by atoms with E-state index in [1.165, 1.54) is 4.90 Å². The molecular weight excluding hydrogens is 478 g/mol. The molecule has 0 spiro atoms. The van der Waals surface area contributed by atoms with Gasteiger partial charge in [0.2, 0.25) is 0 Å². The standard InChI is InChI=1S/C30H31N5O3/c1-21-16-18-22(19-17-21)20-35(30(38)25-14-8-9-15-26(25)33-34-31)27(28(36)23-10-4-2-5-11-23)29(37)32-24-12-6-3-7-13-24/h2,4-5,8-11,14-19,24,36H,3,6-7,12-13,20H2,1H3,(H,32,37)/b28-27+. The van der Waals surface area contributed by atoms with Crippen molar-refractivity contribution in [3.63, 3.8) is 0 Å². The number of nitrogens with one attached hydrogen (secondary N) is 1. The second-order valence-electron chi connectivity index (χ2n) is 9.46. The molecule has 0 radical (unpaired) electrons. The average Bonchev–Trinajstić information content (AvgIpc) is 2.95. The van der Waals surface area contributed by atoms with Crippen LogP contribution >= 0.6 is 0 Å². The van der Waals surface area contributed by atoms with Crippen LogP contribution in [-0.2, 0) is 11.3 Å². The number of nitrogens with zero attached hydrogens (tertiary/aromatic N) is 4. The molecule has 0 heterocycles. The molecule has 0 unspecified atom stereocenters. The summed E-state index contributed by atoms with van der Waals surface area (Å²) in [5.41, 5.74) is 11.4. The van der Waals surface area contributed by atoms with E-state index in [1.807, 2.05) is 37.3 Å². The van der Waals surface area contributed by atoms with E-state index in [0.29, 0.717) is 5.56 Å². The van der Waals surface area contributed by atoms with Crippen molar-refractivity contribution < 1.29 is 14.7 Å². The van der Waals surface area contributed by atoms with Crippen LogP contribution in [0.1, 0.15) is 59.2 Å². The summed E-state index contributed by atoms with van der Waals surface area (Å²) in [5, 5.41) is 18.2. The Hall–Kier alpha value is -4.55. The summed E-state index contributed by atoms with van der Waals surface area (Å²) < 4.78 is 0. The zero-order valence-electron chi connectivity index (χ0n) is 21.4. The van der Waals surface area contributed by atoms with Crippen molar-refractivity contribution in [2.75, 3.05) is 0 Å². The summed E-state index contributed by atoms with van der Waals surface area (Å²) in [6.45, 7) is 1.99. The predicted octanol–water partition coefficient (Wildman–Crippen LogP) is 6.95. The van der Waals surface area contributed by atoms with Gasteiger partial charge in [-0.05, 0) is 36.9 Å². The molecular formula is C30H31N5O3. The number of benzene rings is 3. The number of aryl methyl sites for hydroxylation is 1. The number of hydrogen-bond donors (Lipinski definition) is 2. The first kappa shape index (κ1) is 26.5. The van der Waals surface area contributed by atoms with Crippen LogP contribution in [0.5, 0.6) is 0 Å². The van der Waals surface area contributed by atoms with Gasteiger partial charge in [-0.2, -0.15) is 0 Å². The number of rotatable bonds is 8. The molecule has 3 aromatic rings. The van der Waals surface area contributed by atoms with Gasteiger partial charge < -0.3 is 10.4 Å². The third-order valence-corrected chi connectivity index (χ3v) is 6.69. The lowest BCUT2D eigenvalue weighted by Crippen LogP contribution is -2.43. The molecule has 1 fully saturated rings. The number of carbonyl (C=O) groups excluding carboxylic acids is 2. The monoisotopic (exact) mass is 509 g/mol. The highest BCUT2D eigenvalue weighted by Crippen LogP contribution is 2.28. The van der Waals surface area contributed by atoms with E-state index in [1.54, 1.807) is 48.5 Å². The zero-order valence-corrected chi connectivity index (χ0v) is 21.4. The summed E-state index contributed by atoms with van der Waals surface area (Å²) in [6.07, 6.45) is 4.84. The zero-order chi connectivity index (χ0) is 26.9. The van der Waals surface area contributed by atoms with E-state index in [0.717, 1.165) is 43.2 Å². The summed E-state index contributed by atoms with van der Waals surface area (Å²) in [4.78, 5) is 32.1. The highest BCUT2D eigenvalue weighted by Gasteiger charge is 2.31. The van der Waals surface area contributed by atoms with Crippen LogP contribution in [0, 0.1) is 6.92 Å². The van der Waals surface area contributed by atoms with Crippen LogP contribution in [0.2, 0.25) is 0 Å². The van der Waals surface area contributed by atoms with Gasteiger partial charge in [0.15, 0.2) is 11.5 Å². The van der Waals surface area contributed by atoms with E-state index in [9.17, 15) is 14.7 Å². The topological polar surface area (TPSA) is 118 Å². The van der Waals surface area contributed by atoms with Gasteiger partial charge in [0.1, 0.15) is 0 Å². The Bertz CT molecular complexity index is 1360. The normalized spacial score (nSPS) is 14.1. The van der Waals surface area contributed by atoms with E-state index in [2.05, 4.69) is 15.3 Å². The second-order valence-corrected chi connectivity index (χ2v) is 9.46. The number of carbonyl (C=O) groups is 2. The van der Waals surface area contributed by atoms with Gasteiger partial charge in [-0.1, -0.05) is 103 Å². The van der Waals surface area contributed by atoms with Crippen molar-refractivity contribution >= 4 is 23.3 Å². The van der Waals surface area contributed by atoms with Crippen LogP contribution in [0.25, 0.3) is 16.2 Å². The predicted molar refractivity (Wildman–Crippen MR) is 147 cm³/mol. The largest absolute Gasteiger partial charge is 0.505 e. The van der Waals surface area contributed by atoms with Crippen molar-refractivity contribution in [2.45, 2.75) is 51.6 Å². The lowest BCUT2D eigenvalue weighted by molar-refractivity contribution is -0.119. The Morgan fingerprint density at radius 2 is 1.63 bits per heavy atom. The molecule has 0 atom stereocenters. The molecule has 0 aromatic heterocycles. The molecule has 1 saturated carbocycles. The van der Waals surface area contributed by atoms with Gasteiger partial charge in [-0.25, -0.2) is 0 Å². The Morgan fingerprint density at radius 3 is 2.32 bits per heavy atom. The molecule has 4 rings (SSSR count). The minimum Gasteiger partial charge on any atom is -0.505 e. The average molecular weight is 510 g/mol. The van der Waals surface area contributed by atoms with Crippen molar-refractivity contribution in [1.82, 2.24) is 10.2 Å². The molecule has 1 aliphatic rings. The van der Waals surface area contributed by atoms with Gasteiger partial charge in [0, 0.05) is 22.1 Å². The van der Waals surface area contributed by atoms with Crippen LogP contribution in [-0.4, -0.2) is 27.9 Å². The first-order chi connectivity index (χ1) is 18.5. The van der Waals surface area contributed by atoms with Gasteiger partial charge in [-0.15, -0.1) is 0 Å². The summed E-state index contributed by atoms with van der Waals surface area (Å²) in [6, 6.07) is 22.7. The maximum absolute atomic E-state index is 14.1. The quantitative estimate of drug-likeness (QED) is 0.112. The fourth-order valence-electron chi connectivity index (χ4n) is 4.66. The van der Waals surface area contributed by atoms with Crippen molar-refractivity contribution in [3.05, 3.63) is 117 Å². The molecule has 8 heteroatoms.